The molecule has 0 fully saturated rings. The molecule has 5 heteroatoms. The number of amides is 1. The van der Waals surface area contributed by atoms with Crippen LogP contribution >= 0.6 is 0 Å². The van der Waals surface area contributed by atoms with Gasteiger partial charge in [-0.2, -0.15) is 0 Å². The smallest absolute Gasteiger partial charge is 0.255 e. The van der Waals surface area contributed by atoms with Gasteiger partial charge in [-0.05, 0) is 37.4 Å². The van der Waals surface area contributed by atoms with E-state index in [2.05, 4.69) is 40.0 Å². The zero-order chi connectivity index (χ0) is 19.0. The van der Waals surface area contributed by atoms with E-state index in [1.165, 1.54) is 5.39 Å². The van der Waals surface area contributed by atoms with Gasteiger partial charge in [0.05, 0.1) is 16.8 Å². The number of fused-ring (bicyclic) bond motifs is 2. The van der Waals surface area contributed by atoms with E-state index in [9.17, 15) is 9.90 Å². The van der Waals surface area contributed by atoms with E-state index < -0.39 is 0 Å². The minimum atomic E-state index is -0.289. The Morgan fingerprint density at radius 1 is 1.11 bits per heavy atom. The lowest BCUT2D eigenvalue weighted by molar-refractivity contribution is 0.0951. The van der Waals surface area contributed by atoms with Crippen LogP contribution in [0.5, 0.6) is 5.75 Å². The molecule has 0 aliphatic heterocycles. The second kappa shape index (κ2) is 6.76. The van der Waals surface area contributed by atoms with E-state index in [1.807, 2.05) is 30.3 Å². The lowest BCUT2D eigenvalue weighted by atomic mass is 10.1. The highest BCUT2D eigenvalue weighted by molar-refractivity contribution is 6.08. The van der Waals surface area contributed by atoms with Gasteiger partial charge in [0, 0.05) is 29.7 Å². The average molecular weight is 359 g/mol. The Balaban J connectivity index is 1.58. The van der Waals surface area contributed by atoms with E-state index in [4.69, 9.17) is 0 Å². The molecule has 1 amide bonds. The van der Waals surface area contributed by atoms with Gasteiger partial charge in [0.1, 0.15) is 5.75 Å². The van der Waals surface area contributed by atoms with Gasteiger partial charge in [-0.3, -0.25) is 4.79 Å². The van der Waals surface area contributed by atoms with Crippen molar-refractivity contribution in [1.29, 1.82) is 0 Å². The van der Waals surface area contributed by atoms with Crippen LogP contribution in [0.4, 0.5) is 0 Å². The van der Waals surface area contributed by atoms with E-state index in [-0.39, 0.29) is 17.2 Å². The molecule has 0 atom stereocenters. The molecule has 27 heavy (non-hydrogen) atoms. The van der Waals surface area contributed by atoms with Crippen LogP contribution in [0.25, 0.3) is 21.8 Å². The molecule has 0 bridgehead atoms. The molecule has 0 aliphatic carbocycles. The molecule has 4 aromatic rings. The van der Waals surface area contributed by atoms with E-state index in [1.54, 1.807) is 13.0 Å². The number of nitrogens with zero attached hydrogens (tertiary/aromatic N) is 2. The Bertz CT molecular complexity index is 1160. The number of pyridine rings is 1. The number of aryl methyl sites for hydroxylation is 2. The standard InChI is InChI=1S/C22H21N3O2/c1-14-13-16-7-3-6-10-19(16)25(14)12-11-23-22(27)20-17-8-4-5-9-18(17)24-15(2)21(20)26/h3-10,13,26H,11-12H2,1-2H3,(H,23,27). The average Bonchev–Trinajstić information content (AvgIpc) is 2.98. The number of carbonyl (C=O) groups excluding carboxylic acids is 1. The molecule has 0 spiro atoms. The number of rotatable bonds is 4. The first-order valence-corrected chi connectivity index (χ1v) is 8.97. The molecule has 2 aromatic carbocycles. The van der Waals surface area contributed by atoms with Crippen LogP contribution in [0.1, 0.15) is 21.7 Å². The molecule has 4 rings (SSSR count). The molecule has 2 aromatic heterocycles. The second-order valence-corrected chi connectivity index (χ2v) is 6.69. The summed E-state index contributed by atoms with van der Waals surface area (Å²) in [7, 11) is 0. The van der Waals surface area contributed by atoms with E-state index in [0.29, 0.717) is 29.7 Å². The minimum Gasteiger partial charge on any atom is -0.505 e. The summed E-state index contributed by atoms with van der Waals surface area (Å²) in [4.78, 5) is 17.2. The Kier molecular flexibility index (Phi) is 4.28. The first kappa shape index (κ1) is 17.1. The van der Waals surface area contributed by atoms with Crippen LogP contribution in [0, 0.1) is 13.8 Å². The number of para-hydroxylation sites is 2. The number of nitrogens with one attached hydrogen (secondary N) is 1. The Morgan fingerprint density at radius 3 is 2.70 bits per heavy atom. The Labute approximate surface area is 157 Å². The summed E-state index contributed by atoms with van der Waals surface area (Å²) < 4.78 is 2.19. The molecule has 2 heterocycles. The summed E-state index contributed by atoms with van der Waals surface area (Å²) in [6.45, 7) is 4.89. The number of hydrogen-bond donors (Lipinski definition) is 2. The van der Waals surface area contributed by atoms with Gasteiger partial charge in [0.15, 0.2) is 0 Å². The van der Waals surface area contributed by atoms with E-state index in [0.717, 1.165) is 11.2 Å². The van der Waals surface area contributed by atoms with Gasteiger partial charge in [-0.1, -0.05) is 36.4 Å². The fourth-order valence-electron chi connectivity index (χ4n) is 3.57. The van der Waals surface area contributed by atoms with Gasteiger partial charge < -0.3 is 15.0 Å². The van der Waals surface area contributed by atoms with Crippen molar-refractivity contribution < 1.29 is 9.90 Å². The quantitative estimate of drug-likeness (QED) is 0.580. The third kappa shape index (κ3) is 3.01. The van der Waals surface area contributed by atoms with Gasteiger partial charge in [-0.25, -0.2) is 4.98 Å². The van der Waals surface area contributed by atoms with Crippen LogP contribution in [0.15, 0.2) is 54.6 Å². The molecule has 0 saturated carbocycles. The van der Waals surface area contributed by atoms with Gasteiger partial charge in [0.25, 0.3) is 5.91 Å². The van der Waals surface area contributed by atoms with Gasteiger partial charge in [0.2, 0.25) is 0 Å². The second-order valence-electron chi connectivity index (χ2n) is 6.69. The highest BCUT2D eigenvalue weighted by Gasteiger charge is 2.18. The molecule has 0 aliphatic rings. The predicted molar refractivity (Wildman–Crippen MR) is 107 cm³/mol. The summed E-state index contributed by atoms with van der Waals surface area (Å²) in [5, 5.41) is 15.2. The van der Waals surface area contributed by atoms with Crippen molar-refractivity contribution in [2.24, 2.45) is 0 Å². The fourth-order valence-corrected chi connectivity index (χ4v) is 3.57. The third-order valence-corrected chi connectivity index (χ3v) is 4.91. The summed E-state index contributed by atoms with van der Waals surface area (Å²) >= 11 is 0. The van der Waals surface area contributed by atoms with Crippen molar-refractivity contribution in [3.8, 4) is 5.75 Å². The number of aromatic hydroxyl groups is 1. The lowest BCUT2D eigenvalue weighted by Gasteiger charge is -2.13. The fraction of sp³-hybridized carbons (Fsp3) is 0.182. The Hall–Kier alpha value is -3.34. The van der Waals surface area contributed by atoms with Gasteiger partial charge in [-0.15, -0.1) is 0 Å². The SMILES string of the molecule is Cc1nc2ccccc2c(C(=O)NCCn2c(C)cc3ccccc32)c1O. The highest BCUT2D eigenvalue weighted by atomic mass is 16.3. The largest absolute Gasteiger partial charge is 0.505 e. The molecule has 0 unspecified atom stereocenters. The third-order valence-electron chi connectivity index (χ3n) is 4.91. The number of aromatic nitrogens is 2. The molecular weight excluding hydrogens is 338 g/mol. The van der Waals surface area contributed by atoms with Crippen LogP contribution < -0.4 is 5.32 Å². The lowest BCUT2D eigenvalue weighted by Crippen LogP contribution is -2.28. The first-order valence-electron chi connectivity index (χ1n) is 8.97. The summed E-state index contributed by atoms with van der Waals surface area (Å²) in [5.74, 6) is -0.350. The van der Waals surface area contributed by atoms with Crippen molar-refractivity contribution in [2.45, 2.75) is 20.4 Å². The summed E-state index contributed by atoms with van der Waals surface area (Å²) in [6, 6.07) is 17.7. The van der Waals surface area contributed by atoms with Crippen LogP contribution in [-0.4, -0.2) is 27.1 Å². The minimum absolute atomic E-state index is 0.0613. The van der Waals surface area contributed by atoms with Crippen LogP contribution in [0.2, 0.25) is 0 Å². The van der Waals surface area contributed by atoms with Gasteiger partial charge >= 0.3 is 0 Å². The normalized spacial score (nSPS) is 11.2. The maximum absolute atomic E-state index is 12.8. The molecule has 5 nitrogen and oxygen atoms in total. The van der Waals surface area contributed by atoms with Crippen LogP contribution in [-0.2, 0) is 6.54 Å². The van der Waals surface area contributed by atoms with Crippen molar-refractivity contribution in [3.05, 3.63) is 71.5 Å². The van der Waals surface area contributed by atoms with Crippen molar-refractivity contribution in [2.75, 3.05) is 6.54 Å². The monoisotopic (exact) mass is 359 g/mol. The van der Waals surface area contributed by atoms with Crippen molar-refractivity contribution in [3.63, 3.8) is 0 Å². The maximum Gasteiger partial charge on any atom is 0.255 e. The molecule has 0 radical (unpaired) electrons. The van der Waals surface area contributed by atoms with Crippen molar-refractivity contribution in [1.82, 2.24) is 14.9 Å². The van der Waals surface area contributed by atoms with Crippen LogP contribution in [0.3, 0.4) is 0 Å². The number of benzene rings is 2. The molecule has 136 valence electrons. The predicted octanol–water partition coefficient (Wildman–Crippen LogP) is 3.94. The van der Waals surface area contributed by atoms with E-state index >= 15 is 0 Å². The number of carbonyl (C=O) groups is 1. The maximum atomic E-state index is 12.8. The Morgan fingerprint density at radius 2 is 1.85 bits per heavy atom. The topological polar surface area (TPSA) is 67.2 Å². The molecule has 2 N–H and O–H groups in total. The molecule has 0 saturated heterocycles. The molecular formula is C22H21N3O2. The zero-order valence-electron chi connectivity index (χ0n) is 15.4. The van der Waals surface area contributed by atoms with Crippen molar-refractivity contribution >= 4 is 27.7 Å². The first-order chi connectivity index (χ1) is 13.1. The number of hydrogen-bond acceptors (Lipinski definition) is 3. The summed E-state index contributed by atoms with van der Waals surface area (Å²) in [5.41, 5.74) is 3.74. The summed E-state index contributed by atoms with van der Waals surface area (Å²) in [6.07, 6.45) is 0. The highest BCUT2D eigenvalue weighted by Crippen LogP contribution is 2.28. The zero-order valence-corrected chi connectivity index (χ0v) is 15.4.